The lowest BCUT2D eigenvalue weighted by atomic mass is 10.1. The van der Waals surface area contributed by atoms with Crippen molar-refractivity contribution in [2.24, 2.45) is 0 Å². The molecule has 5 aromatic rings. The molecule has 0 saturated carbocycles. The fraction of sp³-hybridized carbons (Fsp3) is 0.136. The van der Waals surface area contributed by atoms with Crippen LogP contribution in [0.5, 0.6) is 0 Å². The molecule has 0 saturated heterocycles. The van der Waals surface area contributed by atoms with E-state index in [1.54, 1.807) is 19.1 Å². The predicted octanol–water partition coefficient (Wildman–Crippen LogP) is 6.04. The molecule has 0 aliphatic rings. The van der Waals surface area contributed by atoms with Crippen LogP contribution in [0, 0.1) is 5.82 Å². The second kappa shape index (κ2) is 8.16. The molecule has 0 unspecified atom stereocenters. The van der Waals surface area contributed by atoms with Gasteiger partial charge in [0.2, 0.25) is 0 Å². The summed E-state index contributed by atoms with van der Waals surface area (Å²) in [5, 5.41) is 10.0. The molecule has 0 atom stereocenters. The molecule has 2 aromatic carbocycles. The van der Waals surface area contributed by atoms with Crippen LogP contribution in [0.1, 0.15) is 22.2 Å². The second-order valence-electron chi connectivity index (χ2n) is 6.65. The molecule has 0 bridgehead atoms. The van der Waals surface area contributed by atoms with Crippen LogP contribution in [0.15, 0.2) is 58.3 Å². The number of aromatic amines is 1. The number of halogens is 1. The van der Waals surface area contributed by atoms with Crippen LogP contribution in [-0.4, -0.2) is 27.8 Å². The molecule has 0 fully saturated rings. The number of thioether (sulfide) groups is 1. The third-order valence-electron chi connectivity index (χ3n) is 4.79. The summed E-state index contributed by atoms with van der Waals surface area (Å²) in [5.74, 6) is -0.134. The molecular formula is C22H16FN3O3S2. The minimum absolute atomic E-state index is 0.250. The number of nitrogens with zero attached hydrogens (tertiary/aromatic N) is 2. The highest BCUT2D eigenvalue weighted by Gasteiger charge is 2.23. The molecule has 156 valence electrons. The van der Waals surface area contributed by atoms with E-state index >= 15 is 0 Å². The number of aromatic nitrogens is 3. The molecule has 0 amide bonds. The molecule has 9 heteroatoms. The maximum atomic E-state index is 14.6. The molecule has 0 aliphatic heterocycles. The van der Waals surface area contributed by atoms with Gasteiger partial charge in [0.05, 0.1) is 12.2 Å². The largest absolute Gasteiger partial charge is 0.462 e. The number of benzene rings is 2. The monoisotopic (exact) mass is 453 g/mol. The normalized spacial score (nSPS) is 11.4. The highest BCUT2D eigenvalue weighted by Crippen LogP contribution is 2.38. The number of carbonyl (C=O) groups is 1. The molecule has 0 spiro atoms. The standard InChI is InChI=1S/C22H16FN3O3S2/c1-2-28-21(27)19-14(18-15(23)7-5-9-17(18)31-19)11-30-22-26-25-20(29-22)13-10-24-16-8-4-3-6-12(13)16/h3-10,24H,2,11H2,1H3. The molecular weight excluding hydrogens is 437 g/mol. The molecule has 0 aliphatic carbocycles. The van der Waals surface area contributed by atoms with Crippen LogP contribution in [0.25, 0.3) is 32.4 Å². The van der Waals surface area contributed by atoms with Gasteiger partial charge in [0, 0.05) is 32.9 Å². The van der Waals surface area contributed by atoms with Gasteiger partial charge in [-0.15, -0.1) is 21.5 Å². The van der Waals surface area contributed by atoms with E-state index in [-0.39, 0.29) is 12.4 Å². The fourth-order valence-corrected chi connectivity index (χ4v) is 5.44. The maximum absolute atomic E-state index is 14.6. The van der Waals surface area contributed by atoms with Crippen LogP contribution in [0.3, 0.4) is 0 Å². The SMILES string of the molecule is CCOC(=O)c1sc2cccc(F)c2c1CSc1nnc(-c2c[nH]c3ccccc23)o1. The quantitative estimate of drug-likeness (QED) is 0.249. The molecule has 5 rings (SSSR count). The Morgan fingerprint density at radius 2 is 2.10 bits per heavy atom. The number of carbonyl (C=O) groups excluding carboxylic acids is 1. The number of thiophene rings is 1. The first kappa shape index (κ1) is 19.8. The molecule has 0 radical (unpaired) electrons. The van der Waals surface area contributed by atoms with Gasteiger partial charge in [0.1, 0.15) is 10.7 Å². The Morgan fingerprint density at radius 1 is 1.23 bits per heavy atom. The zero-order chi connectivity index (χ0) is 21.4. The number of esters is 1. The Labute approximate surface area is 184 Å². The zero-order valence-corrected chi connectivity index (χ0v) is 18.0. The van der Waals surface area contributed by atoms with E-state index in [0.29, 0.717) is 37.4 Å². The highest BCUT2D eigenvalue weighted by molar-refractivity contribution is 7.98. The van der Waals surface area contributed by atoms with Crippen LogP contribution in [-0.2, 0) is 10.5 Å². The number of ether oxygens (including phenoxy) is 1. The number of hydrogen-bond acceptors (Lipinski definition) is 7. The second-order valence-corrected chi connectivity index (χ2v) is 8.63. The number of hydrogen-bond donors (Lipinski definition) is 1. The summed E-state index contributed by atoms with van der Waals surface area (Å²) in [6.07, 6.45) is 1.83. The van der Waals surface area contributed by atoms with E-state index < -0.39 is 5.97 Å². The van der Waals surface area contributed by atoms with Gasteiger partial charge in [-0.25, -0.2) is 9.18 Å². The first-order chi connectivity index (χ1) is 15.2. The number of fused-ring (bicyclic) bond motifs is 2. The van der Waals surface area contributed by atoms with Crippen LogP contribution in [0.4, 0.5) is 4.39 Å². The fourth-order valence-electron chi connectivity index (χ4n) is 3.43. The summed E-state index contributed by atoms with van der Waals surface area (Å²) < 4.78 is 26.3. The van der Waals surface area contributed by atoms with Crippen molar-refractivity contribution >= 4 is 50.1 Å². The Bertz CT molecular complexity index is 1410. The maximum Gasteiger partial charge on any atom is 0.348 e. The first-order valence-electron chi connectivity index (χ1n) is 9.55. The summed E-state index contributed by atoms with van der Waals surface area (Å²) in [5.41, 5.74) is 2.37. The van der Waals surface area contributed by atoms with Gasteiger partial charge >= 0.3 is 5.97 Å². The van der Waals surface area contributed by atoms with Gasteiger partial charge in [0.15, 0.2) is 0 Å². The van der Waals surface area contributed by atoms with Crippen molar-refractivity contribution in [3.05, 3.63) is 64.9 Å². The van der Waals surface area contributed by atoms with E-state index in [9.17, 15) is 9.18 Å². The van der Waals surface area contributed by atoms with Crippen molar-refractivity contribution in [3.8, 4) is 11.5 Å². The number of H-pyrrole nitrogens is 1. The van der Waals surface area contributed by atoms with Crippen molar-refractivity contribution in [2.75, 3.05) is 6.61 Å². The predicted molar refractivity (Wildman–Crippen MR) is 119 cm³/mol. The van der Waals surface area contributed by atoms with Crippen molar-refractivity contribution < 1.29 is 18.3 Å². The van der Waals surface area contributed by atoms with E-state index in [4.69, 9.17) is 9.15 Å². The zero-order valence-electron chi connectivity index (χ0n) is 16.3. The number of para-hydroxylation sites is 1. The third-order valence-corrected chi connectivity index (χ3v) is 6.81. The third kappa shape index (κ3) is 3.60. The van der Waals surface area contributed by atoms with Crippen molar-refractivity contribution in [1.29, 1.82) is 0 Å². The summed E-state index contributed by atoms with van der Waals surface area (Å²) in [6, 6.07) is 12.7. The van der Waals surface area contributed by atoms with Gasteiger partial charge in [-0.1, -0.05) is 36.0 Å². The topological polar surface area (TPSA) is 81.0 Å². The Balaban J connectivity index is 1.45. The van der Waals surface area contributed by atoms with Crippen LogP contribution >= 0.6 is 23.1 Å². The van der Waals surface area contributed by atoms with Gasteiger partial charge in [-0.05, 0) is 30.7 Å². The minimum Gasteiger partial charge on any atom is -0.462 e. The molecule has 3 heterocycles. The van der Waals surface area contributed by atoms with Crippen molar-refractivity contribution in [2.45, 2.75) is 17.9 Å². The van der Waals surface area contributed by atoms with E-state index in [2.05, 4.69) is 15.2 Å². The Hall–Kier alpha value is -3.17. The first-order valence-corrected chi connectivity index (χ1v) is 11.4. The molecule has 1 N–H and O–H groups in total. The van der Waals surface area contributed by atoms with Crippen LogP contribution < -0.4 is 0 Å². The van der Waals surface area contributed by atoms with Crippen molar-refractivity contribution in [3.63, 3.8) is 0 Å². The Morgan fingerprint density at radius 3 is 2.97 bits per heavy atom. The van der Waals surface area contributed by atoms with E-state index in [0.717, 1.165) is 16.5 Å². The Kier molecular flexibility index (Phi) is 5.21. The summed E-state index contributed by atoms with van der Waals surface area (Å²) in [6.45, 7) is 1.99. The summed E-state index contributed by atoms with van der Waals surface area (Å²) in [7, 11) is 0. The minimum atomic E-state index is -0.455. The summed E-state index contributed by atoms with van der Waals surface area (Å²) in [4.78, 5) is 16.0. The van der Waals surface area contributed by atoms with Gasteiger partial charge in [-0.3, -0.25) is 0 Å². The van der Waals surface area contributed by atoms with Gasteiger partial charge in [-0.2, -0.15) is 0 Å². The number of rotatable bonds is 6. The average Bonchev–Trinajstić information content (AvgIpc) is 3.49. The van der Waals surface area contributed by atoms with Crippen molar-refractivity contribution in [1.82, 2.24) is 15.2 Å². The molecule has 31 heavy (non-hydrogen) atoms. The van der Waals surface area contributed by atoms with E-state index in [1.807, 2.05) is 30.5 Å². The van der Waals surface area contributed by atoms with E-state index in [1.165, 1.54) is 29.2 Å². The summed E-state index contributed by atoms with van der Waals surface area (Å²) >= 11 is 2.48. The smallest absolute Gasteiger partial charge is 0.348 e. The highest BCUT2D eigenvalue weighted by atomic mass is 32.2. The molecule has 6 nitrogen and oxygen atoms in total. The lowest BCUT2D eigenvalue weighted by Gasteiger charge is -2.03. The average molecular weight is 454 g/mol. The number of nitrogens with one attached hydrogen (secondary N) is 1. The van der Waals surface area contributed by atoms with Gasteiger partial charge < -0.3 is 14.1 Å². The lowest BCUT2D eigenvalue weighted by Crippen LogP contribution is -2.05. The van der Waals surface area contributed by atoms with Crippen LogP contribution in [0.2, 0.25) is 0 Å². The van der Waals surface area contributed by atoms with Gasteiger partial charge in [0.25, 0.3) is 11.1 Å². The molecule has 3 aromatic heterocycles. The lowest BCUT2D eigenvalue weighted by molar-refractivity contribution is 0.0531.